The predicted molar refractivity (Wildman–Crippen MR) is 126 cm³/mol. The Labute approximate surface area is 190 Å². The van der Waals surface area contributed by atoms with E-state index in [1.165, 1.54) is 13.2 Å². The van der Waals surface area contributed by atoms with Gasteiger partial charge in [0.15, 0.2) is 17.3 Å². The Morgan fingerprint density at radius 2 is 2.09 bits per heavy atom. The number of benzene rings is 1. The summed E-state index contributed by atoms with van der Waals surface area (Å²) in [5, 5.41) is 7.73. The van der Waals surface area contributed by atoms with Gasteiger partial charge >= 0.3 is 6.09 Å². The molecule has 0 aliphatic rings. The van der Waals surface area contributed by atoms with E-state index < -0.39 is 6.09 Å². The molecule has 0 aliphatic carbocycles. The van der Waals surface area contributed by atoms with Crippen molar-refractivity contribution in [3.63, 3.8) is 0 Å². The van der Waals surface area contributed by atoms with Gasteiger partial charge in [0.1, 0.15) is 11.5 Å². The summed E-state index contributed by atoms with van der Waals surface area (Å²) >= 11 is 0. The van der Waals surface area contributed by atoms with Gasteiger partial charge in [-0.3, -0.25) is 10.3 Å². The number of carbonyl (C=O) groups excluding carboxylic acids is 1. The van der Waals surface area contributed by atoms with Crippen LogP contribution in [0.4, 0.5) is 9.18 Å². The molecule has 0 saturated heterocycles. The third-order valence-corrected chi connectivity index (χ3v) is 4.90. The fraction of sp³-hybridized carbons (Fsp3) is 0.261. The van der Waals surface area contributed by atoms with Gasteiger partial charge in [0.05, 0.1) is 19.4 Å². The number of rotatable bonds is 6. The maximum atomic E-state index is 14.2. The topological polar surface area (TPSA) is 120 Å². The molecular weight excluding hydrogens is 425 g/mol. The third kappa shape index (κ3) is 5.59. The first-order chi connectivity index (χ1) is 15.8. The van der Waals surface area contributed by atoms with E-state index in [0.29, 0.717) is 22.3 Å². The Balaban J connectivity index is 1.99. The van der Waals surface area contributed by atoms with Crippen LogP contribution in [-0.2, 0) is 11.3 Å². The van der Waals surface area contributed by atoms with E-state index in [2.05, 4.69) is 36.7 Å². The van der Waals surface area contributed by atoms with Gasteiger partial charge in [-0.15, -0.1) is 0 Å². The van der Waals surface area contributed by atoms with Crippen LogP contribution in [0.15, 0.2) is 59.2 Å². The predicted octanol–water partition coefficient (Wildman–Crippen LogP) is 3.50. The van der Waals surface area contributed by atoms with Crippen molar-refractivity contribution < 1.29 is 13.9 Å². The summed E-state index contributed by atoms with van der Waals surface area (Å²) in [4.78, 5) is 24.8. The molecule has 0 bridgehead atoms. The number of pyridine rings is 1. The smallest absolute Gasteiger partial charge is 0.412 e. The lowest BCUT2D eigenvalue weighted by molar-refractivity contribution is 0.177. The Kier molecular flexibility index (Phi) is 7.50. The second kappa shape index (κ2) is 10.5. The second-order valence-corrected chi connectivity index (χ2v) is 7.27. The summed E-state index contributed by atoms with van der Waals surface area (Å²) in [6, 6.07) is 9.94. The van der Waals surface area contributed by atoms with E-state index in [1.54, 1.807) is 35.1 Å². The number of nitrogens with two attached hydrogens (primary N) is 1. The molecule has 0 saturated carbocycles. The Bertz CT molecular complexity index is 1230. The Morgan fingerprint density at radius 3 is 2.79 bits per heavy atom. The van der Waals surface area contributed by atoms with E-state index >= 15 is 0 Å². The van der Waals surface area contributed by atoms with Crippen molar-refractivity contribution >= 4 is 34.5 Å². The van der Waals surface area contributed by atoms with Gasteiger partial charge in [0, 0.05) is 23.2 Å². The quantitative estimate of drug-likeness (QED) is 0.439. The van der Waals surface area contributed by atoms with E-state index in [-0.39, 0.29) is 35.8 Å². The molecular formula is C23H26FN7O2. The van der Waals surface area contributed by atoms with Crippen LogP contribution in [-0.4, -0.2) is 45.7 Å². The molecule has 0 fully saturated rings. The molecule has 3 rings (SSSR count). The minimum absolute atomic E-state index is 0.0496. The first-order valence-corrected chi connectivity index (χ1v) is 10.4. The number of amides is 1. The first kappa shape index (κ1) is 23.6. The number of carbonyl (C=O) groups is 1. The number of aromatic nitrogens is 3. The highest BCUT2D eigenvalue weighted by atomic mass is 19.1. The lowest BCUT2D eigenvalue weighted by atomic mass is 10.2. The highest BCUT2D eigenvalue weighted by molar-refractivity contribution is 6.42. The van der Waals surface area contributed by atoms with Gasteiger partial charge in [-0.1, -0.05) is 31.7 Å². The lowest BCUT2D eigenvalue weighted by Gasteiger charge is -2.10. The van der Waals surface area contributed by atoms with Crippen molar-refractivity contribution in [1.29, 1.82) is 0 Å². The zero-order chi connectivity index (χ0) is 24.0. The normalized spacial score (nSPS) is 13.1. The van der Waals surface area contributed by atoms with Crippen LogP contribution in [0.5, 0.6) is 0 Å². The number of amidine groups is 2. The van der Waals surface area contributed by atoms with Crippen LogP contribution in [0.3, 0.4) is 0 Å². The van der Waals surface area contributed by atoms with Crippen molar-refractivity contribution in [3.8, 4) is 0 Å². The van der Waals surface area contributed by atoms with E-state index in [0.717, 1.165) is 6.42 Å². The van der Waals surface area contributed by atoms with Crippen molar-refractivity contribution in [2.24, 2.45) is 15.7 Å². The number of aliphatic imine (C=N–C) groups is 2. The summed E-state index contributed by atoms with van der Waals surface area (Å²) < 4.78 is 20.4. The molecule has 1 amide bonds. The molecule has 3 aromatic rings. The molecule has 2 aromatic heterocycles. The number of nitrogens with one attached hydrogen (secondary N) is 1. The van der Waals surface area contributed by atoms with Gasteiger partial charge in [-0.25, -0.2) is 23.8 Å². The average Bonchev–Trinajstić information content (AvgIpc) is 3.18. The van der Waals surface area contributed by atoms with Crippen molar-refractivity contribution in [3.05, 3.63) is 66.2 Å². The summed E-state index contributed by atoms with van der Waals surface area (Å²) in [6.07, 6.45) is 1.64. The monoisotopic (exact) mass is 451 g/mol. The van der Waals surface area contributed by atoms with Crippen LogP contribution in [0.1, 0.15) is 31.5 Å². The fourth-order valence-corrected chi connectivity index (χ4v) is 2.99. The van der Waals surface area contributed by atoms with E-state index in [4.69, 9.17) is 5.73 Å². The fourth-order valence-electron chi connectivity index (χ4n) is 2.99. The molecule has 0 spiro atoms. The molecule has 9 nitrogen and oxygen atoms in total. The molecule has 0 aliphatic heterocycles. The zero-order valence-electron chi connectivity index (χ0n) is 18.7. The maximum Gasteiger partial charge on any atom is 0.412 e. The van der Waals surface area contributed by atoms with Gasteiger partial charge in [0.2, 0.25) is 0 Å². The molecule has 172 valence electrons. The van der Waals surface area contributed by atoms with Crippen LogP contribution >= 0.6 is 0 Å². The van der Waals surface area contributed by atoms with Crippen LogP contribution in [0, 0.1) is 5.82 Å². The Hall–Kier alpha value is -4.08. The molecule has 1 unspecified atom stereocenters. The highest BCUT2D eigenvalue weighted by Gasteiger charge is 2.17. The van der Waals surface area contributed by atoms with Crippen molar-refractivity contribution in [2.45, 2.75) is 32.9 Å². The van der Waals surface area contributed by atoms with Crippen molar-refractivity contribution in [1.82, 2.24) is 20.1 Å². The number of hydrogen-bond acceptors (Lipinski definition) is 6. The molecule has 1 atom stereocenters. The largest absolute Gasteiger partial charge is 0.453 e. The third-order valence-electron chi connectivity index (χ3n) is 4.90. The Morgan fingerprint density at radius 1 is 1.33 bits per heavy atom. The molecule has 2 heterocycles. The number of ether oxygens (including phenoxy) is 1. The van der Waals surface area contributed by atoms with E-state index in [9.17, 15) is 9.18 Å². The van der Waals surface area contributed by atoms with Crippen molar-refractivity contribution in [2.75, 3.05) is 7.11 Å². The minimum Gasteiger partial charge on any atom is -0.453 e. The van der Waals surface area contributed by atoms with Gasteiger partial charge in [-0.05, 0) is 31.5 Å². The molecule has 0 radical (unpaired) electrons. The molecule has 1 aromatic carbocycles. The maximum absolute atomic E-state index is 14.2. The van der Waals surface area contributed by atoms with E-state index in [1.807, 2.05) is 19.9 Å². The van der Waals surface area contributed by atoms with Gasteiger partial charge in [-0.2, -0.15) is 5.10 Å². The van der Waals surface area contributed by atoms with Gasteiger partial charge in [0.25, 0.3) is 0 Å². The number of hydrogen-bond donors (Lipinski definition) is 2. The van der Waals surface area contributed by atoms with Crippen LogP contribution in [0.25, 0.3) is 16.7 Å². The molecule has 10 heteroatoms. The minimum atomic E-state index is -0.718. The van der Waals surface area contributed by atoms with Gasteiger partial charge < -0.3 is 10.5 Å². The number of nitrogens with zero attached hydrogens (tertiary/aromatic N) is 5. The summed E-state index contributed by atoms with van der Waals surface area (Å²) in [7, 11) is 1.24. The highest BCUT2D eigenvalue weighted by Crippen LogP contribution is 2.24. The lowest BCUT2D eigenvalue weighted by Crippen LogP contribution is -2.41. The number of fused-ring (bicyclic) bond motifs is 1. The number of alkyl carbamates (subject to hydrolysis) is 1. The summed E-state index contributed by atoms with van der Waals surface area (Å²) in [5.41, 5.74) is 7.83. The SMILES string of the molecule is C=C(N=C(N)C(=NC(C)CC)NC(=O)OC)c1nn(Cc2ccccc2F)c2ncccc12. The number of methoxy groups -OCH3 is 1. The first-order valence-electron chi connectivity index (χ1n) is 10.4. The summed E-state index contributed by atoms with van der Waals surface area (Å²) in [6.45, 7) is 8.00. The van der Waals surface area contributed by atoms with Crippen LogP contribution in [0.2, 0.25) is 0 Å². The molecule has 3 N–H and O–H groups in total. The molecule has 33 heavy (non-hydrogen) atoms. The summed E-state index contributed by atoms with van der Waals surface area (Å²) in [5.74, 6) is -0.309. The number of halogens is 1. The average molecular weight is 452 g/mol. The zero-order valence-corrected chi connectivity index (χ0v) is 18.7. The van der Waals surface area contributed by atoms with Crippen LogP contribution < -0.4 is 11.1 Å². The standard InChI is InChI=1S/C23H26FN7O2/c1-5-14(2)27-21(29-23(32)33-4)20(25)28-15(3)19-17-10-8-12-26-22(17)31(30-19)13-16-9-6-7-11-18(16)24/h6-12,14H,3,5,13H2,1-2,4H3,(H2,25,28)(H,27,29,32). The second-order valence-electron chi connectivity index (χ2n) is 7.27.